The Labute approximate surface area is 103 Å². The molecule has 98 valence electrons. The lowest BCUT2D eigenvalue weighted by atomic mass is 9.92. The van der Waals surface area contributed by atoms with Crippen LogP contribution < -0.4 is 16.0 Å². The van der Waals surface area contributed by atoms with Gasteiger partial charge in [0.15, 0.2) is 0 Å². The van der Waals surface area contributed by atoms with Gasteiger partial charge >= 0.3 is 0 Å². The van der Waals surface area contributed by atoms with Gasteiger partial charge in [-0.05, 0) is 39.3 Å². The van der Waals surface area contributed by atoms with E-state index in [0.717, 1.165) is 19.5 Å². The van der Waals surface area contributed by atoms with Crippen LogP contribution in [-0.4, -0.2) is 38.5 Å². The zero-order chi connectivity index (χ0) is 12.9. The van der Waals surface area contributed by atoms with Crippen molar-refractivity contribution in [3.8, 4) is 0 Å². The first-order valence-corrected chi connectivity index (χ1v) is 6.15. The van der Waals surface area contributed by atoms with E-state index >= 15 is 0 Å². The van der Waals surface area contributed by atoms with Crippen molar-refractivity contribution in [2.75, 3.05) is 26.7 Å². The quantitative estimate of drug-likeness (QED) is 0.628. The van der Waals surface area contributed by atoms with Gasteiger partial charge in [-0.3, -0.25) is 9.59 Å². The maximum Gasteiger partial charge on any atom is 0.227 e. The molecule has 5 nitrogen and oxygen atoms in total. The molecule has 1 unspecified atom stereocenters. The normalized spacial score (nSPS) is 20.1. The molecule has 1 heterocycles. The average molecular weight is 241 g/mol. The molecule has 17 heavy (non-hydrogen) atoms. The van der Waals surface area contributed by atoms with E-state index < -0.39 is 5.41 Å². The summed E-state index contributed by atoms with van der Waals surface area (Å²) in [5.74, 6) is 0.425. The van der Waals surface area contributed by atoms with Crippen LogP contribution in [0.25, 0.3) is 0 Å². The SMILES string of the molecule is CNC(=O)C(C)(C)CNC(=O)CC1CCNC1. The minimum absolute atomic E-state index is 0.0377. The van der Waals surface area contributed by atoms with Crippen molar-refractivity contribution in [1.29, 1.82) is 0 Å². The van der Waals surface area contributed by atoms with Gasteiger partial charge in [0.1, 0.15) is 0 Å². The van der Waals surface area contributed by atoms with Gasteiger partial charge in [0.25, 0.3) is 0 Å². The standard InChI is InChI=1S/C12H23N3O2/c1-12(2,11(17)13-3)8-15-10(16)6-9-4-5-14-7-9/h9,14H,4-8H2,1-3H3,(H,13,17)(H,15,16). The fourth-order valence-corrected chi connectivity index (χ4v) is 1.96. The van der Waals surface area contributed by atoms with Crippen LogP contribution >= 0.6 is 0 Å². The Morgan fingerprint density at radius 2 is 2.12 bits per heavy atom. The summed E-state index contributed by atoms with van der Waals surface area (Å²) in [5, 5.41) is 8.67. The van der Waals surface area contributed by atoms with Crippen LogP contribution in [0.3, 0.4) is 0 Å². The molecule has 1 aliphatic rings. The molecule has 1 rings (SSSR count). The van der Waals surface area contributed by atoms with Crippen LogP contribution in [0.15, 0.2) is 0 Å². The van der Waals surface area contributed by atoms with Crippen molar-refractivity contribution < 1.29 is 9.59 Å². The first-order chi connectivity index (χ1) is 7.95. The van der Waals surface area contributed by atoms with Gasteiger partial charge in [-0.15, -0.1) is 0 Å². The lowest BCUT2D eigenvalue weighted by Gasteiger charge is -2.23. The Balaban J connectivity index is 2.29. The largest absolute Gasteiger partial charge is 0.359 e. The highest BCUT2D eigenvalue weighted by Crippen LogP contribution is 2.15. The smallest absolute Gasteiger partial charge is 0.227 e. The highest BCUT2D eigenvalue weighted by Gasteiger charge is 2.27. The number of rotatable bonds is 5. The van der Waals surface area contributed by atoms with Gasteiger partial charge in [-0.2, -0.15) is 0 Å². The molecule has 3 N–H and O–H groups in total. The van der Waals surface area contributed by atoms with Gasteiger partial charge in [0.05, 0.1) is 5.41 Å². The number of amides is 2. The number of carbonyl (C=O) groups excluding carboxylic acids is 2. The summed E-state index contributed by atoms with van der Waals surface area (Å²) in [6.07, 6.45) is 1.61. The minimum Gasteiger partial charge on any atom is -0.359 e. The molecular formula is C12H23N3O2. The average Bonchev–Trinajstić information content (AvgIpc) is 2.78. The van der Waals surface area contributed by atoms with Crippen LogP contribution in [0.5, 0.6) is 0 Å². The Kier molecular flexibility index (Phi) is 4.93. The number of hydrogen-bond acceptors (Lipinski definition) is 3. The maximum absolute atomic E-state index is 11.7. The molecule has 5 heteroatoms. The van der Waals surface area contributed by atoms with Crippen molar-refractivity contribution in [2.24, 2.45) is 11.3 Å². The van der Waals surface area contributed by atoms with E-state index in [2.05, 4.69) is 16.0 Å². The molecule has 0 bridgehead atoms. The summed E-state index contributed by atoms with van der Waals surface area (Å²) in [6, 6.07) is 0. The predicted molar refractivity (Wildman–Crippen MR) is 66.5 cm³/mol. The Morgan fingerprint density at radius 3 is 2.65 bits per heavy atom. The van der Waals surface area contributed by atoms with E-state index in [4.69, 9.17) is 0 Å². The predicted octanol–water partition coefficient (Wildman–Crippen LogP) is -0.126. The molecule has 1 atom stereocenters. The molecule has 0 spiro atoms. The topological polar surface area (TPSA) is 70.2 Å². The van der Waals surface area contributed by atoms with E-state index in [1.54, 1.807) is 7.05 Å². The summed E-state index contributed by atoms with van der Waals surface area (Å²) in [6.45, 7) is 5.95. The molecule has 0 aromatic heterocycles. The van der Waals surface area contributed by atoms with Crippen LogP contribution in [0.4, 0.5) is 0 Å². The lowest BCUT2D eigenvalue weighted by molar-refractivity contribution is -0.129. The van der Waals surface area contributed by atoms with Crippen molar-refractivity contribution in [3.05, 3.63) is 0 Å². The second-order valence-corrected chi connectivity index (χ2v) is 5.30. The second-order valence-electron chi connectivity index (χ2n) is 5.30. The van der Waals surface area contributed by atoms with Crippen LogP contribution in [-0.2, 0) is 9.59 Å². The van der Waals surface area contributed by atoms with Crippen molar-refractivity contribution in [2.45, 2.75) is 26.7 Å². The van der Waals surface area contributed by atoms with Crippen molar-refractivity contribution in [3.63, 3.8) is 0 Å². The monoisotopic (exact) mass is 241 g/mol. The van der Waals surface area contributed by atoms with Crippen LogP contribution in [0.1, 0.15) is 26.7 Å². The number of carbonyl (C=O) groups is 2. The number of nitrogens with one attached hydrogen (secondary N) is 3. The molecule has 1 fully saturated rings. The minimum atomic E-state index is -0.557. The van der Waals surface area contributed by atoms with E-state index in [1.807, 2.05) is 13.8 Å². The Hall–Kier alpha value is -1.10. The fraction of sp³-hybridized carbons (Fsp3) is 0.833. The summed E-state index contributed by atoms with van der Waals surface area (Å²) in [5.41, 5.74) is -0.557. The number of hydrogen-bond donors (Lipinski definition) is 3. The van der Waals surface area contributed by atoms with Crippen LogP contribution in [0.2, 0.25) is 0 Å². The molecule has 0 aliphatic carbocycles. The second kappa shape index (κ2) is 6.00. The molecule has 0 radical (unpaired) electrons. The zero-order valence-corrected chi connectivity index (χ0v) is 10.9. The third-order valence-corrected chi connectivity index (χ3v) is 3.21. The molecule has 0 aromatic rings. The Bertz CT molecular complexity index is 283. The molecule has 1 aliphatic heterocycles. The van der Waals surface area contributed by atoms with Crippen molar-refractivity contribution in [1.82, 2.24) is 16.0 Å². The summed E-state index contributed by atoms with van der Waals surface area (Å²) in [7, 11) is 1.61. The van der Waals surface area contributed by atoms with Crippen LogP contribution in [0, 0.1) is 11.3 Å². The first-order valence-electron chi connectivity index (χ1n) is 6.15. The molecule has 1 saturated heterocycles. The zero-order valence-electron chi connectivity index (χ0n) is 10.9. The van der Waals surface area contributed by atoms with Gasteiger partial charge in [-0.25, -0.2) is 0 Å². The summed E-state index contributed by atoms with van der Waals surface area (Å²) in [4.78, 5) is 23.2. The van der Waals surface area contributed by atoms with Gasteiger partial charge < -0.3 is 16.0 Å². The van der Waals surface area contributed by atoms with E-state index in [1.165, 1.54) is 0 Å². The van der Waals surface area contributed by atoms with E-state index in [-0.39, 0.29) is 11.8 Å². The third-order valence-electron chi connectivity index (χ3n) is 3.21. The summed E-state index contributed by atoms with van der Waals surface area (Å²) < 4.78 is 0. The molecule has 2 amide bonds. The maximum atomic E-state index is 11.7. The van der Waals surface area contributed by atoms with Crippen molar-refractivity contribution >= 4 is 11.8 Å². The molecular weight excluding hydrogens is 218 g/mol. The van der Waals surface area contributed by atoms with Gasteiger partial charge in [-0.1, -0.05) is 0 Å². The van der Waals surface area contributed by atoms with E-state index in [9.17, 15) is 9.59 Å². The van der Waals surface area contributed by atoms with Gasteiger partial charge in [0.2, 0.25) is 11.8 Å². The molecule has 0 saturated carbocycles. The van der Waals surface area contributed by atoms with E-state index in [0.29, 0.717) is 18.9 Å². The molecule has 0 aromatic carbocycles. The highest BCUT2D eigenvalue weighted by atomic mass is 16.2. The lowest BCUT2D eigenvalue weighted by Crippen LogP contribution is -2.44. The third kappa shape index (κ3) is 4.34. The fourth-order valence-electron chi connectivity index (χ4n) is 1.96. The first kappa shape index (κ1) is 14.0. The van der Waals surface area contributed by atoms with Gasteiger partial charge in [0, 0.05) is 20.0 Å². The Morgan fingerprint density at radius 1 is 1.41 bits per heavy atom. The highest BCUT2D eigenvalue weighted by molar-refractivity contribution is 5.83. The summed E-state index contributed by atoms with van der Waals surface area (Å²) >= 11 is 0.